The number of carbonyl (C=O) groups excluding carboxylic acids is 1. The van der Waals surface area contributed by atoms with Crippen LogP contribution in [0.5, 0.6) is 5.75 Å². The first-order valence-electron chi connectivity index (χ1n) is 10.7. The maximum Gasteiger partial charge on any atom is 0.363 e. The fourth-order valence-corrected chi connectivity index (χ4v) is 5.22. The minimum atomic E-state index is -0.524. The molecular weight excluding hydrogens is 592 g/mol. The van der Waals surface area contributed by atoms with E-state index in [0.717, 1.165) is 21.9 Å². The standard InChI is InChI=1S/C27H16Br2N2O5/c28-22-12-17(13-23(29)25(22)35-15-16-8-10-19(11-9-16)31(33)34)14-24-27(32)36-26(30-24)21-7-3-5-18-4-1-2-6-20(18)21/h1-14H,15H2. The third-order valence-electron chi connectivity index (χ3n) is 5.49. The number of ether oxygens (including phenoxy) is 2. The largest absolute Gasteiger partial charge is 0.487 e. The summed E-state index contributed by atoms with van der Waals surface area (Å²) >= 11 is 7.03. The van der Waals surface area contributed by atoms with Crippen LogP contribution in [0.1, 0.15) is 16.7 Å². The molecule has 0 fully saturated rings. The van der Waals surface area contributed by atoms with E-state index >= 15 is 0 Å². The topological polar surface area (TPSA) is 91.0 Å². The zero-order chi connectivity index (χ0) is 25.2. The molecular formula is C27H16Br2N2O5. The lowest BCUT2D eigenvalue weighted by Crippen LogP contribution is -2.05. The van der Waals surface area contributed by atoms with E-state index in [1.54, 1.807) is 18.2 Å². The summed E-state index contributed by atoms with van der Waals surface area (Å²) in [4.78, 5) is 27.4. The van der Waals surface area contributed by atoms with Gasteiger partial charge in [0.25, 0.3) is 5.69 Å². The molecule has 0 aliphatic carbocycles. The van der Waals surface area contributed by atoms with Crippen LogP contribution in [0.3, 0.4) is 0 Å². The third-order valence-corrected chi connectivity index (χ3v) is 6.67. The van der Waals surface area contributed by atoms with Gasteiger partial charge in [-0.3, -0.25) is 10.1 Å². The smallest absolute Gasteiger partial charge is 0.363 e. The number of nitro benzene ring substituents is 1. The molecule has 178 valence electrons. The van der Waals surface area contributed by atoms with Gasteiger partial charge in [-0.2, -0.15) is 0 Å². The van der Waals surface area contributed by atoms with Crippen LogP contribution in [-0.4, -0.2) is 16.8 Å². The molecule has 0 saturated carbocycles. The summed E-state index contributed by atoms with van der Waals surface area (Å²) in [7, 11) is 0. The number of esters is 1. The number of aliphatic imine (C=N–C) groups is 1. The molecule has 0 amide bonds. The van der Waals surface area contributed by atoms with E-state index in [2.05, 4.69) is 36.9 Å². The molecule has 36 heavy (non-hydrogen) atoms. The molecule has 0 unspecified atom stereocenters. The Morgan fingerprint density at radius 3 is 2.39 bits per heavy atom. The number of nitro groups is 1. The lowest BCUT2D eigenvalue weighted by molar-refractivity contribution is -0.384. The number of non-ortho nitro benzene ring substituents is 1. The Labute approximate surface area is 222 Å². The molecule has 5 rings (SSSR count). The van der Waals surface area contributed by atoms with E-state index in [4.69, 9.17) is 9.47 Å². The van der Waals surface area contributed by atoms with Gasteiger partial charge in [0, 0.05) is 17.7 Å². The second-order valence-corrected chi connectivity index (χ2v) is 9.60. The first-order chi connectivity index (χ1) is 17.4. The van der Waals surface area contributed by atoms with E-state index in [9.17, 15) is 14.9 Å². The van der Waals surface area contributed by atoms with Crippen molar-refractivity contribution in [3.05, 3.63) is 120 Å². The summed E-state index contributed by atoms with van der Waals surface area (Å²) in [5.41, 5.74) is 2.47. The van der Waals surface area contributed by atoms with E-state index in [1.807, 2.05) is 54.6 Å². The maximum atomic E-state index is 12.6. The summed E-state index contributed by atoms with van der Waals surface area (Å²) < 4.78 is 12.7. The van der Waals surface area contributed by atoms with Crippen molar-refractivity contribution in [2.24, 2.45) is 4.99 Å². The highest BCUT2D eigenvalue weighted by Crippen LogP contribution is 2.36. The predicted molar refractivity (Wildman–Crippen MR) is 144 cm³/mol. The van der Waals surface area contributed by atoms with Crippen LogP contribution < -0.4 is 4.74 Å². The van der Waals surface area contributed by atoms with Crippen molar-refractivity contribution in [2.75, 3.05) is 0 Å². The van der Waals surface area contributed by atoms with Crippen LogP contribution in [-0.2, 0) is 16.1 Å². The molecule has 0 spiro atoms. The molecule has 4 aromatic rings. The van der Waals surface area contributed by atoms with Crippen LogP contribution in [0.2, 0.25) is 0 Å². The molecule has 0 radical (unpaired) electrons. The van der Waals surface area contributed by atoms with Gasteiger partial charge in [0.05, 0.1) is 13.9 Å². The summed E-state index contributed by atoms with van der Waals surface area (Å²) in [6, 6.07) is 23.4. The summed E-state index contributed by atoms with van der Waals surface area (Å²) in [5.74, 6) is 0.303. The van der Waals surface area contributed by atoms with Crippen molar-refractivity contribution >= 4 is 66.3 Å². The molecule has 1 aliphatic heterocycles. The van der Waals surface area contributed by atoms with Gasteiger partial charge in [0.15, 0.2) is 5.70 Å². The lowest BCUT2D eigenvalue weighted by Gasteiger charge is -2.11. The second-order valence-electron chi connectivity index (χ2n) is 7.89. The van der Waals surface area contributed by atoms with E-state index in [1.165, 1.54) is 12.1 Å². The van der Waals surface area contributed by atoms with Gasteiger partial charge in [0.2, 0.25) is 5.90 Å². The molecule has 9 heteroatoms. The number of hydrogen-bond acceptors (Lipinski definition) is 6. The number of halogens is 2. The number of cyclic esters (lactones) is 1. The van der Waals surface area contributed by atoms with Crippen molar-refractivity contribution in [3.8, 4) is 5.75 Å². The fraction of sp³-hybridized carbons (Fsp3) is 0.0370. The Morgan fingerprint density at radius 2 is 1.67 bits per heavy atom. The molecule has 4 aromatic carbocycles. The average molecular weight is 608 g/mol. The zero-order valence-electron chi connectivity index (χ0n) is 18.5. The highest BCUT2D eigenvalue weighted by molar-refractivity contribution is 9.11. The lowest BCUT2D eigenvalue weighted by atomic mass is 10.0. The Balaban J connectivity index is 1.38. The van der Waals surface area contributed by atoms with Gasteiger partial charge in [-0.25, -0.2) is 9.79 Å². The van der Waals surface area contributed by atoms with Crippen LogP contribution >= 0.6 is 31.9 Å². The Hall–Kier alpha value is -3.82. The Bertz CT molecular complexity index is 1550. The van der Waals surface area contributed by atoms with Gasteiger partial charge < -0.3 is 9.47 Å². The molecule has 0 bridgehead atoms. The van der Waals surface area contributed by atoms with Crippen LogP contribution in [0, 0.1) is 10.1 Å². The Kier molecular flexibility index (Phi) is 6.67. The number of nitrogens with zero attached hydrogens (tertiary/aromatic N) is 2. The van der Waals surface area contributed by atoms with Gasteiger partial charge in [0.1, 0.15) is 12.4 Å². The number of fused-ring (bicyclic) bond motifs is 1. The fourth-order valence-electron chi connectivity index (χ4n) is 3.76. The molecule has 0 atom stereocenters. The van der Waals surface area contributed by atoms with Crippen molar-refractivity contribution in [1.29, 1.82) is 0 Å². The normalized spacial score (nSPS) is 14.1. The van der Waals surface area contributed by atoms with Crippen molar-refractivity contribution in [1.82, 2.24) is 0 Å². The van der Waals surface area contributed by atoms with Crippen molar-refractivity contribution in [3.63, 3.8) is 0 Å². The molecule has 1 heterocycles. The highest BCUT2D eigenvalue weighted by atomic mass is 79.9. The van der Waals surface area contributed by atoms with Crippen LogP contribution in [0.4, 0.5) is 5.69 Å². The quantitative estimate of drug-likeness (QED) is 0.100. The first-order valence-corrected chi connectivity index (χ1v) is 12.3. The average Bonchev–Trinajstić information content (AvgIpc) is 3.23. The number of hydrogen-bond donors (Lipinski definition) is 0. The van der Waals surface area contributed by atoms with Gasteiger partial charge in [-0.15, -0.1) is 0 Å². The third kappa shape index (κ3) is 4.93. The first kappa shape index (κ1) is 23.9. The SMILES string of the molecule is O=C1OC(c2cccc3ccccc23)=NC1=Cc1cc(Br)c(OCc2ccc([N+](=O)[O-])cc2)c(Br)c1. The van der Waals surface area contributed by atoms with E-state index in [0.29, 0.717) is 20.3 Å². The molecule has 7 nitrogen and oxygen atoms in total. The van der Waals surface area contributed by atoms with Crippen molar-refractivity contribution < 1.29 is 19.2 Å². The molecule has 0 saturated heterocycles. The zero-order valence-corrected chi connectivity index (χ0v) is 21.7. The molecule has 0 aromatic heterocycles. The summed E-state index contributed by atoms with van der Waals surface area (Å²) in [5, 5.41) is 12.8. The summed E-state index contributed by atoms with van der Waals surface area (Å²) in [6.07, 6.45) is 1.65. The Morgan fingerprint density at radius 1 is 0.972 bits per heavy atom. The number of benzene rings is 4. The van der Waals surface area contributed by atoms with Gasteiger partial charge in [-0.1, -0.05) is 36.4 Å². The minimum absolute atomic E-state index is 0.0233. The van der Waals surface area contributed by atoms with Crippen LogP contribution in [0.25, 0.3) is 16.8 Å². The van der Waals surface area contributed by atoms with E-state index in [-0.39, 0.29) is 23.9 Å². The molecule has 0 N–H and O–H groups in total. The van der Waals surface area contributed by atoms with Crippen molar-refractivity contribution in [2.45, 2.75) is 6.61 Å². The number of carbonyl (C=O) groups is 1. The van der Waals surface area contributed by atoms with Gasteiger partial charge in [-0.05, 0) is 90.2 Å². The molecule has 1 aliphatic rings. The highest BCUT2D eigenvalue weighted by Gasteiger charge is 2.25. The summed E-state index contributed by atoms with van der Waals surface area (Å²) in [6.45, 7) is 0.223. The minimum Gasteiger partial charge on any atom is -0.487 e. The van der Waals surface area contributed by atoms with E-state index < -0.39 is 10.9 Å². The van der Waals surface area contributed by atoms with Crippen LogP contribution in [0.15, 0.2) is 98.5 Å². The van der Waals surface area contributed by atoms with Gasteiger partial charge >= 0.3 is 5.97 Å². The number of rotatable bonds is 6. The predicted octanol–water partition coefficient (Wildman–Crippen LogP) is 7.20. The maximum absolute atomic E-state index is 12.6. The second kappa shape index (κ2) is 10.0. The monoisotopic (exact) mass is 606 g/mol.